The molecule has 16 heavy (non-hydrogen) atoms. The maximum atomic E-state index is 13.0. The maximum absolute atomic E-state index is 13.0. The molecule has 1 N–H and O–H groups in total. The molecule has 1 rings (SSSR count). The normalized spacial score (nSPS) is 26.4. The lowest BCUT2D eigenvalue weighted by Crippen LogP contribution is -2.49. The third kappa shape index (κ3) is 2.10. The minimum absolute atomic E-state index is 0.119. The largest absolute Gasteiger partial charge is 0.402 e. The summed E-state index contributed by atoms with van der Waals surface area (Å²) in [7, 11) is 0. The number of ketones is 1. The zero-order valence-corrected chi connectivity index (χ0v) is 9.66. The van der Waals surface area contributed by atoms with Gasteiger partial charge in [0.05, 0.1) is 0 Å². The Balaban J connectivity index is 2.98. The SMILES string of the molecule is CCC(CC)C(=O)C1(C(F)(F)F)CCNC1. The molecule has 1 aliphatic heterocycles. The van der Waals surface area contributed by atoms with Crippen LogP contribution in [0.25, 0.3) is 0 Å². The van der Waals surface area contributed by atoms with E-state index >= 15 is 0 Å². The van der Waals surface area contributed by atoms with Gasteiger partial charge >= 0.3 is 6.18 Å². The Kier molecular flexibility index (Phi) is 3.99. The first kappa shape index (κ1) is 13.5. The third-order valence-electron chi connectivity index (χ3n) is 3.53. The van der Waals surface area contributed by atoms with E-state index in [2.05, 4.69) is 5.32 Å². The molecule has 0 aromatic heterocycles. The third-order valence-corrected chi connectivity index (χ3v) is 3.53. The van der Waals surface area contributed by atoms with Gasteiger partial charge in [0.25, 0.3) is 0 Å². The molecular weight excluding hydrogens is 219 g/mol. The average molecular weight is 237 g/mol. The van der Waals surface area contributed by atoms with Crippen molar-refractivity contribution < 1.29 is 18.0 Å². The lowest BCUT2D eigenvalue weighted by Gasteiger charge is -2.32. The minimum atomic E-state index is -4.43. The molecule has 5 heteroatoms. The van der Waals surface area contributed by atoms with Crippen LogP contribution >= 0.6 is 0 Å². The second-order valence-electron chi connectivity index (χ2n) is 4.38. The summed E-state index contributed by atoms with van der Waals surface area (Å²) in [5.74, 6) is -1.10. The second-order valence-corrected chi connectivity index (χ2v) is 4.38. The summed E-state index contributed by atoms with van der Waals surface area (Å²) >= 11 is 0. The molecule has 0 bridgehead atoms. The predicted molar refractivity (Wildman–Crippen MR) is 55.1 cm³/mol. The molecule has 1 heterocycles. The van der Waals surface area contributed by atoms with E-state index in [4.69, 9.17) is 0 Å². The first-order valence-corrected chi connectivity index (χ1v) is 5.70. The molecule has 1 unspecified atom stereocenters. The van der Waals surface area contributed by atoms with Gasteiger partial charge in [-0.2, -0.15) is 13.2 Å². The highest BCUT2D eigenvalue weighted by molar-refractivity contribution is 5.88. The monoisotopic (exact) mass is 237 g/mol. The van der Waals surface area contributed by atoms with Crippen LogP contribution in [-0.4, -0.2) is 25.0 Å². The molecule has 94 valence electrons. The summed E-state index contributed by atoms with van der Waals surface area (Å²) in [5.41, 5.74) is -2.14. The van der Waals surface area contributed by atoms with Crippen LogP contribution < -0.4 is 5.32 Å². The van der Waals surface area contributed by atoms with Gasteiger partial charge in [-0.3, -0.25) is 4.79 Å². The molecule has 1 saturated heterocycles. The number of hydrogen-bond acceptors (Lipinski definition) is 2. The fraction of sp³-hybridized carbons (Fsp3) is 0.909. The number of carbonyl (C=O) groups is 1. The maximum Gasteiger partial charge on any atom is 0.402 e. The first-order chi connectivity index (χ1) is 7.39. The Hall–Kier alpha value is -0.580. The highest BCUT2D eigenvalue weighted by Crippen LogP contribution is 2.45. The van der Waals surface area contributed by atoms with Gasteiger partial charge in [-0.25, -0.2) is 0 Å². The molecule has 0 spiro atoms. The molecule has 1 atom stereocenters. The van der Waals surface area contributed by atoms with Crippen molar-refractivity contribution in [2.45, 2.75) is 39.3 Å². The fourth-order valence-electron chi connectivity index (χ4n) is 2.33. The number of rotatable bonds is 4. The van der Waals surface area contributed by atoms with E-state index in [0.29, 0.717) is 12.8 Å². The van der Waals surface area contributed by atoms with E-state index in [9.17, 15) is 18.0 Å². The van der Waals surface area contributed by atoms with E-state index < -0.39 is 23.3 Å². The lowest BCUT2D eigenvalue weighted by molar-refractivity contribution is -0.217. The van der Waals surface area contributed by atoms with Gasteiger partial charge in [0, 0.05) is 12.5 Å². The van der Waals surface area contributed by atoms with Crippen molar-refractivity contribution in [2.24, 2.45) is 11.3 Å². The van der Waals surface area contributed by atoms with Crippen LogP contribution in [0.4, 0.5) is 13.2 Å². The molecule has 0 amide bonds. The van der Waals surface area contributed by atoms with Gasteiger partial charge in [0.15, 0.2) is 5.78 Å². The molecule has 1 aliphatic rings. The Morgan fingerprint density at radius 3 is 2.25 bits per heavy atom. The van der Waals surface area contributed by atoms with E-state index in [1.807, 2.05) is 0 Å². The average Bonchev–Trinajstić information content (AvgIpc) is 2.68. The second kappa shape index (κ2) is 4.73. The van der Waals surface area contributed by atoms with Crippen molar-refractivity contribution in [3.63, 3.8) is 0 Å². The van der Waals surface area contributed by atoms with Gasteiger partial charge in [-0.05, 0) is 25.8 Å². The van der Waals surface area contributed by atoms with E-state index in [-0.39, 0.29) is 19.5 Å². The zero-order valence-electron chi connectivity index (χ0n) is 9.66. The van der Waals surface area contributed by atoms with Crippen molar-refractivity contribution in [1.82, 2.24) is 5.32 Å². The summed E-state index contributed by atoms with van der Waals surface area (Å²) in [6.45, 7) is 3.54. The lowest BCUT2D eigenvalue weighted by atomic mass is 9.75. The predicted octanol–water partition coefficient (Wildman–Crippen LogP) is 2.53. The smallest absolute Gasteiger partial charge is 0.315 e. The van der Waals surface area contributed by atoms with Crippen molar-refractivity contribution in [3.05, 3.63) is 0 Å². The number of carbonyl (C=O) groups excluding carboxylic acids is 1. The Morgan fingerprint density at radius 1 is 1.38 bits per heavy atom. The molecule has 0 aliphatic carbocycles. The molecule has 2 nitrogen and oxygen atoms in total. The summed E-state index contributed by atoms with van der Waals surface area (Å²) in [6.07, 6.45) is -3.59. The zero-order chi connectivity index (χ0) is 12.4. The summed E-state index contributed by atoms with van der Waals surface area (Å²) in [5, 5.41) is 2.66. The minimum Gasteiger partial charge on any atom is -0.315 e. The van der Waals surface area contributed by atoms with E-state index in [1.165, 1.54) is 0 Å². The number of Topliss-reactive ketones (excluding diaryl/α,β-unsaturated/α-hetero) is 1. The Morgan fingerprint density at radius 2 is 1.94 bits per heavy atom. The fourth-order valence-corrected chi connectivity index (χ4v) is 2.33. The molecule has 0 aromatic rings. The van der Waals surface area contributed by atoms with E-state index in [0.717, 1.165) is 0 Å². The van der Waals surface area contributed by atoms with Crippen molar-refractivity contribution >= 4 is 5.78 Å². The van der Waals surface area contributed by atoms with Gasteiger partial charge in [-0.15, -0.1) is 0 Å². The van der Waals surface area contributed by atoms with Crippen LogP contribution in [-0.2, 0) is 4.79 Å². The number of alkyl halides is 3. The van der Waals surface area contributed by atoms with Crippen molar-refractivity contribution in [2.75, 3.05) is 13.1 Å². The van der Waals surface area contributed by atoms with E-state index in [1.54, 1.807) is 13.8 Å². The van der Waals surface area contributed by atoms with Gasteiger partial charge in [-0.1, -0.05) is 13.8 Å². The first-order valence-electron chi connectivity index (χ1n) is 5.70. The quantitative estimate of drug-likeness (QED) is 0.814. The molecule has 0 saturated carbocycles. The van der Waals surface area contributed by atoms with Crippen LogP contribution in [0, 0.1) is 11.3 Å². The number of nitrogens with one attached hydrogen (secondary N) is 1. The summed E-state index contributed by atoms with van der Waals surface area (Å²) < 4.78 is 39.1. The van der Waals surface area contributed by atoms with Crippen LogP contribution in [0.5, 0.6) is 0 Å². The summed E-state index contributed by atoms with van der Waals surface area (Å²) in [4.78, 5) is 12.0. The molecule has 0 aromatic carbocycles. The Labute approximate surface area is 93.6 Å². The van der Waals surface area contributed by atoms with Crippen LogP contribution in [0.15, 0.2) is 0 Å². The Bertz CT molecular complexity index is 252. The summed E-state index contributed by atoms with van der Waals surface area (Å²) in [6, 6.07) is 0. The number of halogens is 3. The van der Waals surface area contributed by atoms with Crippen LogP contribution in [0.1, 0.15) is 33.1 Å². The van der Waals surface area contributed by atoms with Gasteiger partial charge in [0.2, 0.25) is 0 Å². The highest BCUT2D eigenvalue weighted by atomic mass is 19.4. The van der Waals surface area contributed by atoms with Gasteiger partial charge < -0.3 is 5.32 Å². The standard InChI is InChI=1S/C11H18F3NO/c1-3-8(4-2)9(16)10(11(12,13)14)5-6-15-7-10/h8,15H,3-7H2,1-2H3. The number of hydrogen-bond donors (Lipinski definition) is 1. The van der Waals surface area contributed by atoms with Crippen LogP contribution in [0.2, 0.25) is 0 Å². The van der Waals surface area contributed by atoms with Crippen molar-refractivity contribution in [3.8, 4) is 0 Å². The highest BCUT2D eigenvalue weighted by Gasteiger charge is 2.61. The van der Waals surface area contributed by atoms with Crippen LogP contribution in [0.3, 0.4) is 0 Å². The molecule has 0 radical (unpaired) electrons. The molecule has 1 fully saturated rings. The topological polar surface area (TPSA) is 29.1 Å². The van der Waals surface area contributed by atoms with Crippen molar-refractivity contribution in [1.29, 1.82) is 0 Å². The molecular formula is C11H18F3NO. The van der Waals surface area contributed by atoms with Gasteiger partial charge in [0.1, 0.15) is 5.41 Å².